The van der Waals surface area contributed by atoms with Gasteiger partial charge in [-0.05, 0) is 85.2 Å². The fourth-order valence-electron chi connectivity index (χ4n) is 6.83. The number of allylic oxidation sites excluding steroid dienone is 4. The summed E-state index contributed by atoms with van der Waals surface area (Å²) in [6, 6.07) is 0. The van der Waals surface area contributed by atoms with E-state index in [2.05, 4.69) is 26.0 Å². The quantitative estimate of drug-likeness (QED) is 0.842. The minimum atomic E-state index is -1.08. The fourth-order valence-corrected chi connectivity index (χ4v) is 6.83. The van der Waals surface area contributed by atoms with Crippen LogP contribution in [0.2, 0.25) is 0 Å². The third-order valence-electron chi connectivity index (χ3n) is 8.58. The zero-order valence-corrected chi connectivity index (χ0v) is 15.8. The lowest BCUT2D eigenvalue weighted by Gasteiger charge is -2.57. The molecular formula is C22H29O4-. The van der Waals surface area contributed by atoms with Crippen LogP contribution in [0.15, 0.2) is 23.8 Å². The molecule has 0 unspecified atom stereocenters. The van der Waals surface area contributed by atoms with Crippen LogP contribution in [0.25, 0.3) is 0 Å². The van der Waals surface area contributed by atoms with E-state index < -0.39 is 11.6 Å². The van der Waals surface area contributed by atoms with Gasteiger partial charge in [0.1, 0.15) is 0 Å². The van der Waals surface area contributed by atoms with E-state index in [0.717, 1.165) is 25.7 Å². The summed E-state index contributed by atoms with van der Waals surface area (Å²) >= 11 is 0. The van der Waals surface area contributed by atoms with Crippen molar-refractivity contribution < 1.29 is 19.8 Å². The monoisotopic (exact) mass is 357 g/mol. The zero-order chi connectivity index (χ0) is 18.7. The van der Waals surface area contributed by atoms with E-state index >= 15 is 0 Å². The normalized spacial score (nSPS) is 47.0. The maximum Gasteiger partial charge on any atom is 0.156 e. The number of fused-ring (bicyclic) bond motifs is 5. The molecular weight excluding hydrogens is 328 g/mol. The number of rotatable bonds is 3. The second kappa shape index (κ2) is 5.79. The molecule has 0 aliphatic heterocycles. The number of carboxylic acids is 1. The molecule has 6 atom stereocenters. The predicted octanol–water partition coefficient (Wildman–Crippen LogP) is 2.56. The van der Waals surface area contributed by atoms with Crippen LogP contribution in [0.3, 0.4) is 0 Å². The minimum absolute atomic E-state index is 0.0559. The molecule has 26 heavy (non-hydrogen) atoms. The van der Waals surface area contributed by atoms with Gasteiger partial charge in [0.15, 0.2) is 5.78 Å². The number of carbonyl (C=O) groups is 2. The third kappa shape index (κ3) is 2.37. The SMILES string of the molecule is C[C@]12CCC(=O)C=C1C=C[C@@H]1[C@@H]2CC[C@@]2(C)[C@H]1CC[C@]2(O)CCC(=O)[O-]. The maximum absolute atomic E-state index is 11.9. The second-order valence-corrected chi connectivity index (χ2v) is 9.53. The average molecular weight is 357 g/mol. The van der Waals surface area contributed by atoms with Crippen LogP contribution < -0.4 is 5.11 Å². The molecule has 4 heteroatoms. The molecule has 0 aromatic heterocycles. The lowest BCUT2D eigenvalue weighted by Crippen LogP contribution is -2.54. The Morgan fingerprint density at radius 1 is 1.23 bits per heavy atom. The van der Waals surface area contributed by atoms with Crippen molar-refractivity contribution in [3.05, 3.63) is 23.8 Å². The molecule has 0 heterocycles. The average Bonchev–Trinajstić information content (AvgIpc) is 2.86. The molecule has 0 aromatic carbocycles. The van der Waals surface area contributed by atoms with E-state index in [1.807, 2.05) is 6.08 Å². The number of hydrogen-bond acceptors (Lipinski definition) is 4. The predicted molar refractivity (Wildman–Crippen MR) is 95.8 cm³/mol. The molecule has 4 aliphatic carbocycles. The second-order valence-electron chi connectivity index (χ2n) is 9.53. The van der Waals surface area contributed by atoms with Crippen molar-refractivity contribution in [3.63, 3.8) is 0 Å². The summed E-state index contributed by atoms with van der Waals surface area (Å²) in [6.07, 6.45) is 11.6. The van der Waals surface area contributed by atoms with Gasteiger partial charge < -0.3 is 15.0 Å². The Bertz CT molecular complexity index is 707. The number of aliphatic hydroxyl groups is 1. The smallest absolute Gasteiger partial charge is 0.156 e. The van der Waals surface area contributed by atoms with Crippen LogP contribution in [-0.2, 0) is 9.59 Å². The number of carboxylic acid groups (broad SMARTS) is 1. The molecule has 4 rings (SSSR count). The zero-order valence-electron chi connectivity index (χ0n) is 15.8. The first kappa shape index (κ1) is 18.0. The Morgan fingerprint density at radius 2 is 1.96 bits per heavy atom. The van der Waals surface area contributed by atoms with Gasteiger partial charge in [-0.2, -0.15) is 0 Å². The number of ketones is 1. The lowest BCUT2D eigenvalue weighted by molar-refractivity contribution is -0.307. The molecule has 0 spiro atoms. The van der Waals surface area contributed by atoms with Crippen molar-refractivity contribution in [2.45, 2.75) is 70.8 Å². The van der Waals surface area contributed by atoms with Gasteiger partial charge in [-0.15, -0.1) is 0 Å². The Labute approximate surface area is 155 Å². The van der Waals surface area contributed by atoms with Crippen LogP contribution in [0.1, 0.15) is 65.2 Å². The molecule has 1 N–H and O–H groups in total. The minimum Gasteiger partial charge on any atom is -0.550 e. The van der Waals surface area contributed by atoms with Crippen molar-refractivity contribution in [2.24, 2.45) is 28.6 Å². The largest absolute Gasteiger partial charge is 0.550 e. The summed E-state index contributed by atoms with van der Waals surface area (Å²) in [7, 11) is 0. The molecule has 0 amide bonds. The summed E-state index contributed by atoms with van der Waals surface area (Å²) in [4.78, 5) is 22.8. The molecule has 0 saturated heterocycles. The van der Waals surface area contributed by atoms with Crippen LogP contribution in [-0.4, -0.2) is 22.5 Å². The molecule has 4 nitrogen and oxygen atoms in total. The van der Waals surface area contributed by atoms with E-state index in [9.17, 15) is 19.8 Å². The topological polar surface area (TPSA) is 77.4 Å². The highest BCUT2D eigenvalue weighted by atomic mass is 16.4. The summed E-state index contributed by atoms with van der Waals surface area (Å²) in [5.41, 5.74) is 0.0933. The van der Waals surface area contributed by atoms with E-state index in [1.165, 1.54) is 5.57 Å². The highest BCUT2D eigenvalue weighted by Crippen LogP contribution is 2.66. The third-order valence-corrected chi connectivity index (χ3v) is 8.58. The van der Waals surface area contributed by atoms with Crippen LogP contribution in [0, 0.1) is 28.6 Å². The lowest BCUT2D eigenvalue weighted by atomic mass is 9.48. The van der Waals surface area contributed by atoms with Gasteiger partial charge >= 0.3 is 0 Å². The number of carbonyl (C=O) groups excluding carboxylic acids is 2. The van der Waals surface area contributed by atoms with Gasteiger partial charge in [-0.25, -0.2) is 0 Å². The first-order valence-corrected chi connectivity index (χ1v) is 10.1. The van der Waals surface area contributed by atoms with Crippen LogP contribution in [0.4, 0.5) is 0 Å². The van der Waals surface area contributed by atoms with Crippen molar-refractivity contribution in [3.8, 4) is 0 Å². The van der Waals surface area contributed by atoms with E-state index in [0.29, 0.717) is 37.0 Å². The molecule has 0 bridgehead atoms. The maximum atomic E-state index is 11.9. The van der Waals surface area contributed by atoms with Gasteiger partial charge in [0, 0.05) is 12.4 Å². The first-order chi connectivity index (χ1) is 12.2. The van der Waals surface area contributed by atoms with Crippen molar-refractivity contribution in [1.82, 2.24) is 0 Å². The van der Waals surface area contributed by atoms with Gasteiger partial charge in [0.25, 0.3) is 0 Å². The van der Waals surface area contributed by atoms with Crippen molar-refractivity contribution in [1.29, 1.82) is 0 Å². The summed E-state index contributed by atoms with van der Waals surface area (Å²) in [6.45, 7) is 4.48. The Kier molecular flexibility index (Phi) is 4.00. The Morgan fingerprint density at radius 3 is 2.69 bits per heavy atom. The van der Waals surface area contributed by atoms with Gasteiger partial charge in [-0.1, -0.05) is 26.0 Å². The standard InChI is InChI=1S/C22H30O4/c1-20-9-5-15(23)13-14(20)3-4-16-17(20)6-10-21(2)18(16)7-11-22(21,26)12-8-19(24)25/h3-4,13,16-18,26H,5-12H2,1-2H3,(H,24,25)/p-1/t16-,17+,18+,20+,21+,22+/m1/s1. The van der Waals surface area contributed by atoms with Crippen molar-refractivity contribution in [2.75, 3.05) is 0 Å². The molecule has 2 fully saturated rings. The Hall–Kier alpha value is -1.42. The summed E-state index contributed by atoms with van der Waals surface area (Å²) < 4.78 is 0. The highest BCUT2D eigenvalue weighted by Gasteiger charge is 2.62. The molecule has 0 aromatic rings. The fraction of sp³-hybridized carbons (Fsp3) is 0.727. The van der Waals surface area contributed by atoms with Crippen LogP contribution in [0.5, 0.6) is 0 Å². The summed E-state index contributed by atoms with van der Waals surface area (Å²) in [5.74, 6) is 0.444. The Balaban J connectivity index is 1.66. The van der Waals surface area contributed by atoms with Crippen molar-refractivity contribution >= 4 is 11.8 Å². The van der Waals surface area contributed by atoms with Gasteiger partial charge in [0.05, 0.1) is 5.60 Å². The van der Waals surface area contributed by atoms with E-state index in [1.54, 1.807) is 0 Å². The van der Waals surface area contributed by atoms with Gasteiger partial charge in [-0.3, -0.25) is 4.79 Å². The molecule has 4 aliphatic rings. The number of hydrogen-bond donors (Lipinski definition) is 1. The highest BCUT2D eigenvalue weighted by molar-refractivity contribution is 5.92. The van der Waals surface area contributed by atoms with E-state index in [4.69, 9.17) is 0 Å². The van der Waals surface area contributed by atoms with E-state index in [-0.39, 0.29) is 23.0 Å². The molecule has 142 valence electrons. The first-order valence-electron chi connectivity index (χ1n) is 10.1. The molecule has 0 radical (unpaired) electrons. The molecule has 2 saturated carbocycles. The summed E-state index contributed by atoms with van der Waals surface area (Å²) in [5, 5.41) is 22.3. The number of aliphatic carboxylic acids is 1. The van der Waals surface area contributed by atoms with Crippen LogP contribution >= 0.6 is 0 Å². The van der Waals surface area contributed by atoms with Gasteiger partial charge in [0.2, 0.25) is 0 Å².